The normalized spacial score (nSPS) is 12.1. The van der Waals surface area contributed by atoms with E-state index in [1.807, 2.05) is 26.0 Å². The van der Waals surface area contributed by atoms with Gasteiger partial charge in [-0.3, -0.25) is 9.59 Å². The molecule has 0 radical (unpaired) electrons. The van der Waals surface area contributed by atoms with Crippen LogP contribution < -0.4 is 5.32 Å². The number of carbonyl (C=O) groups excluding carboxylic acids is 2. The van der Waals surface area contributed by atoms with Crippen LogP contribution in [0.3, 0.4) is 0 Å². The van der Waals surface area contributed by atoms with Crippen molar-refractivity contribution in [3.63, 3.8) is 0 Å². The molecule has 0 aliphatic heterocycles. The fourth-order valence-electron chi connectivity index (χ4n) is 2.32. The Morgan fingerprint density at radius 1 is 1.14 bits per heavy atom. The first kappa shape index (κ1) is 18.1. The van der Waals surface area contributed by atoms with Gasteiger partial charge < -0.3 is 5.32 Å². The number of Topliss-reactive ketones (excluding diaryl/α,β-unsaturated/α-hetero) is 1. The molecule has 1 N–H and O–H groups in total. The van der Waals surface area contributed by atoms with Gasteiger partial charge >= 0.3 is 0 Å². The van der Waals surface area contributed by atoms with Crippen molar-refractivity contribution in [3.05, 3.63) is 41.5 Å². The Morgan fingerprint density at radius 2 is 1.77 bits per heavy atom. The van der Waals surface area contributed by atoms with Crippen LogP contribution in [0.4, 0.5) is 0 Å². The van der Waals surface area contributed by atoms with Gasteiger partial charge in [-0.25, -0.2) is 0 Å². The van der Waals surface area contributed by atoms with Gasteiger partial charge in [0.05, 0.1) is 6.04 Å². The Hall–Kier alpha value is -1.90. The second-order valence-corrected chi connectivity index (χ2v) is 6.44. The van der Waals surface area contributed by atoms with Crippen molar-refractivity contribution in [2.45, 2.75) is 53.5 Å². The van der Waals surface area contributed by atoms with Crippen LogP contribution in [0.2, 0.25) is 0 Å². The number of ketones is 1. The second kappa shape index (κ2) is 7.92. The van der Waals surface area contributed by atoms with Crippen molar-refractivity contribution in [2.75, 3.05) is 0 Å². The van der Waals surface area contributed by atoms with Crippen molar-refractivity contribution < 1.29 is 9.59 Å². The SMILES string of the molecule is C=C(C)c1cc(C)ccc1C(=O)NC(CCC(C)C)C(C)=O. The molecule has 1 atom stereocenters. The minimum Gasteiger partial charge on any atom is -0.342 e. The summed E-state index contributed by atoms with van der Waals surface area (Å²) in [5.41, 5.74) is 3.34. The molecule has 0 spiro atoms. The predicted molar refractivity (Wildman–Crippen MR) is 91.9 cm³/mol. The first-order valence-electron chi connectivity index (χ1n) is 7.80. The Balaban J connectivity index is 2.95. The van der Waals surface area contributed by atoms with E-state index in [1.165, 1.54) is 6.92 Å². The van der Waals surface area contributed by atoms with E-state index in [4.69, 9.17) is 0 Å². The van der Waals surface area contributed by atoms with E-state index >= 15 is 0 Å². The fourth-order valence-corrected chi connectivity index (χ4v) is 2.32. The summed E-state index contributed by atoms with van der Waals surface area (Å²) < 4.78 is 0. The Bertz CT molecular complexity index is 573. The zero-order valence-electron chi connectivity index (χ0n) is 14.3. The molecule has 1 unspecified atom stereocenters. The lowest BCUT2D eigenvalue weighted by molar-refractivity contribution is -0.119. The van der Waals surface area contributed by atoms with Crippen molar-refractivity contribution in [3.8, 4) is 0 Å². The highest BCUT2D eigenvalue weighted by molar-refractivity contribution is 6.01. The number of amides is 1. The highest BCUT2D eigenvalue weighted by Gasteiger charge is 2.20. The van der Waals surface area contributed by atoms with Crippen LogP contribution in [0.1, 0.15) is 62.0 Å². The average Bonchev–Trinajstić information content (AvgIpc) is 2.42. The number of allylic oxidation sites excluding steroid dienone is 1. The first-order valence-corrected chi connectivity index (χ1v) is 7.80. The number of rotatable bonds is 7. The molecule has 1 rings (SSSR count). The van der Waals surface area contributed by atoms with Crippen LogP contribution in [0, 0.1) is 12.8 Å². The molecule has 0 saturated heterocycles. The third kappa shape index (κ3) is 5.14. The summed E-state index contributed by atoms with van der Waals surface area (Å²) in [4.78, 5) is 24.3. The van der Waals surface area contributed by atoms with E-state index in [1.54, 1.807) is 6.07 Å². The molecule has 0 saturated carbocycles. The number of nitrogens with one attached hydrogen (secondary N) is 1. The fraction of sp³-hybridized carbons (Fsp3) is 0.474. The van der Waals surface area contributed by atoms with Gasteiger partial charge in [-0.15, -0.1) is 0 Å². The molecule has 0 aliphatic rings. The zero-order chi connectivity index (χ0) is 16.9. The van der Waals surface area contributed by atoms with Crippen LogP contribution in [0.15, 0.2) is 24.8 Å². The maximum atomic E-state index is 12.5. The van der Waals surface area contributed by atoms with Crippen molar-refractivity contribution >= 4 is 17.3 Å². The molecule has 1 aromatic carbocycles. The molecule has 22 heavy (non-hydrogen) atoms. The molecule has 0 aromatic heterocycles. The zero-order valence-corrected chi connectivity index (χ0v) is 14.3. The Kier molecular flexibility index (Phi) is 6.54. The van der Waals surface area contributed by atoms with Crippen molar-refractivity contribution in [1.29, 1.82) is 0 Å². The van der Waals surface area contributed by atoms with E-state index in [9.17, 15) is 9.59 Å². The van der Waals surface area contributed by atoms with Gasteiger partial charge in [0.15, 0.2) is 5.78 Å². The molecular weight excluding hydrogens is 274 g/mol. The van der Waals surface area contributed by atoms with Crippen LogP contribution in [-0.4, -0.2) is 17.7 Å². The molecule has 1 aromatic rings. The molecule has 1 amide bonds. The largest absolute Gasteiger partial charge is 0.342 e. The molecule has 3 nitrogen and oxygen atoms in total. The summed E-state index contributed by atoms with van der Waals surface area (Å²) in [5.74, 6) is 0.295. The predicted octanol–water partition coefficient (Wildman–Crippen LogP) is 4.15. The first-order chi connectivity index (χ1) is 10.2. The topological polar surface area (TPSA) is 46.2 Å². The van der Waals surface area contributed by atoms with Crippen molar-refractivity contribution in [1.82, 2.24) is 5.32 Å². The van der Waals surface area contributed by atoms with Crippen LogP contribution in [0.25, 0.3) is 5.57 Å². The second-order valence-electron chi connectivity index (χ2n) is 6.44. The third-order valence-corrected chi connectivity index (χ3v) is 3.71. The smallest absolute Gasteiger partial charge is 0.252 e. The van der Waals surface area contributed by atoms with E-state index in [0.717, 1.165) is 23.1 Å². The van der Waals surface area contributed by atoms with Crippen molar-refractivity contribution in [2.24, 2.45) is 5.92 Å². The summed E-state index contributed by atoms with van der Waals surface area (Å²) >= 11 is 0. The van der Waals surface area contributed by atoms with Crippen LogP contribution in [0.5, 0.6) is 0 Å². The number of hydrogen-bond acceptors (Lipinski definition) is 2. The minimum atomic E-state index is -0.422. The summed E-state index contributed by atoms with van der Waals surface area (Å²) in [6, 6.07) is 5.23. The number of aryl methyl sites for hydroxylation is 1. The highest BCUT2D eigenvalue weighted by atomic mass is 16.2. The van der Waals surface area contributed by atoms with Gasteiger partial charge in [0.25, 0.3) is 5.91 Å². The molecular formula is C19H27NO2. The summed E-state index contributed by atoms with van der Waals surface area (Å²) in [5, 5.41) is 2.87. The van der Waals surface area contributed by atoms with Gasteiger partial charge in [0.1, 0.15) is 0 Å². The summed E-state index contributed by atoms with van der Waals surface area (Å²) in [6.45, 7) is 13.5. The molecule has 120 valence electrons. The lowest BCUT2D eigenvalue weighted by Gasteiger charge is -2.18. The Labute approximate surface area is 133 Å². The lowest BCUT2D eigenvalue weighted by Crippen LogP contribution is -2.40. The minimum absolute atomic E-state index is 0.00186. The molecule has 3 heteroatoms. The maximum absolute atomic E-state index is 12.5. The summed E-state index contributed by atoms with van der Waals surface area (Å²) in [7, 11) is 0. The van der Waals surface area contributed by atoms with E-state index in [2.05, 4.69) is 25.7 Å². The van der Waals surface area contributed by atoms with E-state index in [-0.39, 0.29) is 11.7 Å². The van der Waals surface area contributed by atoms with E-state index < -0.39 is 6.04 Å². The number of benzene rings is 1. The highest BCUT2D eigenvalue weighted by Crippen LogP contribution is 2.19. The maximum Gasteiger partial charge on any atom is 0.252 e. The molecule has 0 heterocycles. The van der Waals surface area contributed by atoms with Crippen LogP contribution in [-0.2, 0) is 4.79 Å². The van der Waals surface area contributed by atoms with Gasteiger partial charge in [-0.2, -0.15) is 0 Å². The van der Waals surface area contributed by atoms with E-state index in [0.29, 0.717) is 17.9 Å². The van der Waals surface area contributed by atoms with Gasteiger partial charge in [0.2, 0.25) is 0 Å². The number of carbonyl (C=O) groups is 2. The third-order valence-electron chi connectivity index (χ3n) is 3.71. The molecule has 0 aliphatic carbocycles. The van der Waals surface area contributed by atoms with Gasteiger partial charge in [-0.1, -0.05) is 43.7 Å². The van der Waals surface area contributed by atoms with Crippen LogP contribution >= 0.6 is 0 Å². The standard InChI is InChI=1S/C19H27NO2/c1-12(2)7-10-18(15(6)21)20-19(22)16-9-8-14(5)11-17(16)13(3)4/h8-9,11-12,18H,3,7,10H2,1-2,4-6H3,(H,20,22). The quantitative estimate of drug-likeness (QED) is 0.822. The van der Waals surface area contributed by atoms with Gasteiger partial charge in [-0.05, 0) is 51.2 Å². The summed E-state index contributed by atoms with van der Waals surface area (Å²) in [6.07, 6.45) is 1.58. The number of hydrogen-bond donors (Lipinski definition) is 1. The molecule has 0 fully saturated rings. The molecule has 0 bridgehead atoms. The van der Waals surface area contributed by atoms with Gasteiger partial charge in [0, 0.05) is 5.56 Å². The average molecular weight is 301 g/mol. The monoisotopic (exact) mass is 301 g/mol. The lowest BCUT2D eigenvalue weighted by atomic mass is 9.97. The Morgan fingerprint density at radius 3 is 2.27 bits per heavy atom.